The Labute approximate surface area is 183 Å². The minimum atomic E-state index is -0.838. The first-order chi connectivity index (χ1) is 14.3. The molecule has 2 N–H and O–H groups in total. The van der Waals surface area contributed by atoms with Crippen LogP contribution in [-0.4, -0.2) is 39.8 Å². The minimum Gasteiger partial charge on any atom is -0.323 e. The third kappa shape index (κ3) is 4.34. The number of anilines is 1. The topological polar surface area (TPSA) is 91.4 Å². The second-order valence-electron chi connectivity index (χ2n) is 8.07. The highest BCUT2D eigenvalue weighted by atomic mass is 35.5. The number of carbonyl (C=O) groups excluding carboxylic acids is 3. The smallest absolute Gasteiger partial charge is 0.323 e. The van der Waals surface area contributed by atoms with Crippen LogP contribution in [0.2, 0.25) is 5.02 Å². The number of imide groups is 1. The van der Waals surface area contributed by atoms with Crippen molar-refractivity contribution >= 4 is 45.9 Å². The summed E-state index contributed by atoms with van der Waals surface area (Å²) >= 11 is 7.37. The summed E-state index contributed by atoms with van der Waals surface area (Å²) in [7, 11) is 0. The van der Waals surface area contributed by atoms with E-state index < -0.39 is 17.5 Å². The molecule has 2 aliphatic rings. The van der Waals surface area contributed by atoms with Gasteiger partial charge in [-0.05, 0) is 49.3 Å². The summed E-state index contributed by atoms with van der Waals surface area (Å²) in [5.41, 5.74) is 0.213. The Balaban J connectivity index is 1.35. The van der Waals surface area contributed by atoms with Crippen molar-refractivity contribution in [3.8, 4) is 0 Å². The van der Waals surface area contributed by atoms with Crippen LogP contribution in [0.3, 0.4) is 0 Å². The van der Waals surface area contributed by atoms with E-state index >= 15 is 0 Å². The summed E-state index contributed by atoms with van der Waals surface area (Å²) in [6.45, 7) is 1.83. The molecular formula is C21H23ClN4O3S. The van der Waals surface area contributed by atoms with Gasteiger partial charge in [0.2, 0.25) is 5.91 Å². The maximum atomic E-state index is 12.9. The number of hydrogen-bond acceptors (Lipinski definition) is 5. The van der Waals surface area contributed by atoms with Crippen molar-refractivity contribution in [2.75, 3.05) is 11.9 Å². The van der Waals surface area contributed by atoms with Crippen molar-refractivity contribution in [3.63, 3.8) is 0 Å². The number of carbonyl (C=O) groups is 3. The zero-order valence-corrected chi connectivity index (χ0v) is 18.2. The van der Waals surface area contributed by atoms with E-state index in [9.17, 15) is 14.4 Å². The lowest BCUT2D eigenvalue weighted by Gasteiger charge is -2.33. The summed E-state index contributed by atoms with van der Waals surface area (Å²) in [6, 6.07) is 7.07. The molecular weight excluding hydrogens is 424 g/mol. The summed E-state index contributed by atoms with van der Waals surface area (Å²) in [5.74, 6) is -0.192. The molecule has 1 aromatic heterocycles. The molecule has 1 aliphatic carbocycles. The van der Waals surface area contributed by atoms with E-state index in [0.717, 1.165) is 28.2 Å². The molecule has 9 heteroatoms. The van der Waals surface area contributed by atoms with Crippen LogP contribution >= 0.6 is 22.9 Å². The molecule has 7 nitrogen and oxygen atoms in total. The number of nitrogens with zero attached hydrogens (tertiary/aromatic N) is 2. The molecule has 1 aliphatic heterocycles. The summed E-state index contributed by atoms with van der Waals surface area (Å²) in [4.78, 5) is 43.9. The van der Waals surface area contributed by atoms with Crippen molar-refractivity contribution in [2.24, 2.45) is 5.92 Å². The van der Waals surface area contributed by atoms with Crippen LogP contribution in [0.4, 0.5) is 9.93 Å². The molecule has 2 fully saturated rings. The van der Waals surface area contributed by atoms with Crippen molar-refractivity contribution in [3.05, 3.63) is 45.9 Å². The highest BCUT2D eigenvalue weighted by Crippen LogP contribution is 2.36. The van der Waals surface area contributed by atoms with E-state index in [2.05, 4.69) is 22.5 Å². The number of hydrogen-bond donors (Lipinski definition) is 2. The van der Waals surface area contributed by atoms with Crippen molar-refractivity contribution in [1.29, 1.82) is 0 Å². The lowest BCUT2D eigenvalue weighted by molar-refractivity contribution is -0.135. The van der Waals surface area contributed by atoms with Crippen LogP contribution in [0, 0.1) is 5.92 Å². The molecule has 4 amide bonds. The number of rotatable bonds is 5. The fraction of sp³-hybridized carbons (Fsp3) is 0.429. The van der Waals surface area contributed by atoms with E-state index in [4.69, 9.17) is 11.6 Å². The molecule has 2 heterocycles. The molecule has 0 radical (unpaired) electrons. The summed E-state index contributed by atoms with van der Waals surface area (Å²) < 4.78 is 0. The fourth-order valence-corrected chi connectivity index (χ4v) is 5.09. The molecule has 1 aromatic carbocycles. The van der Waals surface area contributed by atoms with Crippen LogP contribution < -0.4 is 10.6 Å². The van der Waals surface area contributed by atoms with E-state index in [1.165, 1.54) is 11.3 Å². The standard InChI is InChI=1S/C21H23ClN4O3S/c1-13-5-7-21(8-6-13)18(28)26(20(29)25-21)12-17(27)24-19-23-11-16(30-19)10-14-3-2-4-15(22)9-14/h2-4,9,11,13H,5-8,10,12H2,1H3,(H,25,29)(H,23,24,27). The van der Waals surface area contributed by atoms with Crippen molar-refractivity contribution in [1.82, 2.24) is 15.2 Å². The number of benzene rings is 1. The molecule has 2 aromatic rings. The predicted octanol–water partition coefficient (Wildman–Crippen LogP) is 3.83. The van der Waals surface area contributed by atoms with Gasteiger partial charge in [0, 0.05) is 22.5 Å². The Morgan fingerprint density at radius 3 is 2.87 bits per heavy atom. The number of thiazole rings is 1. The maximum absolute atomic E-state index is 12.9. The quantitative estimate of drug-likeness (QED) is 0.683. The fourth-order valence-electron chi connectivity index (χ4n) is 4.01. The second-order valence-corrected chi connectivity index (χ2v) is 9.62. The van der Waals surface area contributed by atoms with Crippen molar-refractivity contribution in [2.45, 2.75) is 44.6 Å². The summed E-state index contributed by atoms with van der Waals surface area (Å²) in [5, 5.41) is 6.63. The predicted molar refractivity (Wildman–Crippen MR) is 116 cm³/mol. The normalized spacial score (nSPS) is 23.7. The number of nitrogens with one attached hydrogen (secondary N) is 2. The minimum absolute atomic E-state index is 0.296. The zero-order valence-electron chi connectivity index (χ0n) is 16.6. The van der Waals surface area contributed by atoms with Gasteiger partial charge in [-0.25, -0.2) is 9.78 Å². The van der Waals surface area contributed by atoms with Gasteiger partial charge >= 0.3 is 6.03 Å². The van der Waals surface area contributed by atoms with Gasteiger partial charge in [0.05, 0.1) is 0 Å². The van der Waals surface area contributed by atoms with Crippen LogP contribution in [0.1, 0.15) is 43.0 Å². The van der Waals surface area contributed by atoms with Gasteiger partial charge in [0.1, 0.15) is 12.1 Å². The van der Waals surface area contributed by atoms with Gasteiger partial charge in [-0.1, -0.05) is 30.7 Å². The number of aromatic nitrogens is 1. The zero-order chi connectivity index (χ0) is 21.3. The first kappa shape index (κ1) is 20.8. The molecule has 0 atom stereocenters. The highest BCUT2D eigenvalue weighted by molar-refractivity contribution is 7.15. The third-order valence-corrected chi connectivity index (χ3v) is 6.89. The molecule has 0 bridgehead atoms. The maximum Gasteiger partial charge on any atom is 0.325 e. The summed E-state index contributed by atoms with van der Waals surface area (Å²) in [6.07, 6.45) is 5.38. The van der Waals surface area contributed by atoms with Gasteiger partial charge in [0.25, 0.3) is 5.91 Å². The van der Waals surface area contributed by atoms with Crippen LogP contribution in [0.25, 0.3) is 0 Å². The number of amides is 4. The van der Waals surface area contributed by atoms with Gasteiger partial charge < -0.3 is 10.6 Å². The third-order valence-electron chi connectivity index (χ3n) is 5.74. The van der Waals surface area contributed by atoms with Gasteiger partial charge in [-0.2, -0.15) is 0 Å². The lowest BCUT2D eigenvalue weighted by Crippen LogP contribution is -2.49. The Hall–Kier alpha value is -2.45. The molecule has 1 saturated heterocycles. The molecule has 30 heavy (non-hydrogen) atoms. The highest BCUT2D eigenvalue weighted by Gasteiger charge is 2.52. The molecule has 0 unspecified atom stereocenters. The van der Waals surface area contributed by atoms with Crippen molar-refractivity contribution < 1.29 is 14.4 Å². The monoisotopic (exact) mass is 446 g/mol. The van der Waals surface area contributed by atoms with Gasteiger partial charge in [-0.3, -0.25) is 14.5 Å². The number of urea groups is 1. The first-order valence-corrected chi connectivity index (χ1v) is 11.2. The SMILES string of the molecule is CC1CCC2(CC1)NC(=O)N(CC(=O)Nc1ncc(Cc3cccc(Cl)c3)s1)C2=O. The average molecular weight is 447 g/mol. The Bertz CT molecular complexity index is 984. The van der Waals surface area contributed by atoms with Gasteiger partial charge in [-0.15, -0.1) is 11.3 Å². The first-order valence-electron chi connectivity index (χ1n) is 9.98. The van der Waals surface area contributed by atoms with E-state index in [1.807, 2.05) is 24.3 Å². The molecule has 4 rings (SSSR count). The molecule has 1 saturated carbocycles. The van der Waals surface area contributed by atoms with Crippen LogP contribution in [0.15, 0.2) is 30.5 Å². The molecule has 158 valence electrons. The lowest BCUT2D eigenvalue weighted by atomic mass is 9.77. The Morgan fingerprint density at radius 2 is 2.13 bits per heavy atom. The number of halogens is 1. The second kappa shape index (κ2) is 8.35. The van der Waals surface area contributed by atoms with Crippen LogP contribution in [-0.2, 0) is 16.0 Å². The van der Waals surface area contributed by atoms with E-state index in [1.54, 1.807) is 6.20 Å². The Morgan fingerprint density at radius 1 is 1.37 bits per heavy atom. The Kier molecular flexibility index (Phi) is 5.79. The van der Waals surface area contributed by atoms with E-state index in [0.29, 0.717) is 35.3 Å². The van der Waals surface area contributed by atoms with E-state index in [-0.39, 0.29) is 12.5 Å². The largest absolute Gasteiger partial charge is 0.325 e. The van der Waals surface area contributed by atoms with Crippen LogP contribution in [0.5, 0.6) is 0 Å². The molecule has 1 spiro atoms. The van der Waals surface area contributed by atoms with Gasteiger partial charge in [0.15, 0.2) is 5.13 Å². The average Bonchev–Trinajstić information content (AvgIpc) is 3.22.